The number of hydrogen-bond acceptors (Lipinski definition) is 9. The number of methoxy groups -OCH3 is 2. The SMILES string of the molecule is CCC(CCOC)c1nc(N2CCCOC(C)C2)nc2cc(-c3ccc(OC)c(CNCN4CCCCC4)c3)ccc12.CSC. The molecule has 2 saturated heterocycles. The third-order valence-electron chi connectivity index (χ3n) is 8.71. The van der Waals surface area contributed by atoms with Crippen molar-refractivity contribution in [2.24, 2.45) is 0 Å². The van der Waals surface area contributed by atoms with Crippen LogP contribution in [0.25, 0.3) is 22.0 Å². The molecule has 9 heteroatoms. The molecule has 3 heterocycles. The highest BCUT2D eigenvalue weighted by atomic mass is 32.2. The molecule has 2 aliphatic heterocycles. The number of benzene rings is 2. The molecule has 3 aromatic rings. The molecule has 0 saturated carbocycles. The van der Waals surface area contributed by atoms with Crippen LogP contribution in [0.15, 0.2) is 36.4 Å². The van der Waals surface area contributed by atoms with Gasteiger partial charge in [-0.15, -0.1) is 0 Å². The number of nitrogens with zero attached hydrogens (tertiary/aromatic N) is 4. The third kappa shape index (κ3) is 10.0. The van der Waals surface area contributed by atoms with Crippen molar-refractivity contribution in [2.75, 3.05) is 77.7 Å². The summed E-state index contributed by atoms with van der Waals surface area (Å²) in [7, 11) is 3.52. The monoisotopic (exact) mass is 637 g/mol. The highest BCUT2D eigenvalue weighted by Gasteiger charge is 2.22. The van der Waals surface area contributed by atoms with Crippen LogP contribution in [0.4, 0.5) is 5.95 Å². The van der Waals surface area contributed by atoms with E-state index in [9.17, 15) is 0 Å². The number of anilines is 1. The molecule has 1 N–H and O–H groups in total. The minimum Gasteiger partial charge on any atom is -0.496 e. The average Bonchev–Trinajstić information content (AvgIpc) is 3.29. The molecule has 2 aromatic carbocycles. The topological polar surface area (TPSA) is 72.0 Å². The summed E-state index contributed by atoms with van der Waals surface area (Å²) in [5, 5.41) is 4.78. The van der Waals surface area contributed by atoms with Crippen molar-refractivity contribution >= 4 is 28.6 Å². The highest BCUT2D eigenvalue weighted by Crippen LogP contribution is 2.34. The number of ether oxygens (including phenoxy) is 3. The first-order valence-electron chi connectivity index (χ1n) is 16.7. The lowest BCUT2D eigenvalue weighted by atomic mass is 9.93. The summed E-state index contributed by atoms with van der Waals surface area (Å²) in [6.07, 6.45) is 11.1. The van der Waals surface area contributed by atoms with Gasteiger partial charge < -0.3 is 24.4 Å². The summed E-state index contributed by atoms with van der Waals surface area (Å²) in [5.74, 6) is 2.03. The predicted octanol–water partition coefficient (Wildman–Crippen LogP) is 6.96. The van der Waals surface area contributed by atoms with Crippen LogP contribution in [-0.2, 0) is 16.0 Å². The Hall–Kier alpha value is -2.43. The van der Waals surface area contributed by atoms with Gasteiger partial charge in [0.1, 0.15) is 5.75 Å². The summed E-state index contributed by atoms with van der Waals surface area (Å²) in [6, 6.07) is 13.2. The van der Waals surface area contributed by atoms with Gasteiger partial charge in [0.2, 0.25) is 5.95 Å². The second-order valence-electron chi connectivity index (χ2n) is 12.2. The molecule has 2 fully saturated rings. The molecule has 0 aliphatic carbocycles. The van der Waals surface area contributed by atoms with Crippen LogP contribution in [0.5, 0.6) is 5.75 Å². The summed E-state index contributed by atoms with van der Waals surface area (Å²) >= 11 is 1.75. The zero-order chi connectivity index (χ0) is 32.0. The molecule has 5 rings (SSSR count). The van der Waals surface area contributed by atoms with Gasteiger partial charge >= 0.3 is 0 Å². The van der Waals surface area contributed by atoms with Gasteiger partial charge in [0.05, 0.1) is 24.4 Å². The van der Waals surface area contributed by atoms with Crippen LogP contribution in [0.1, 0.15) is 69.5 Å². The third-order valence-corrected chi connectivity index (χ3v) is 8.71. The average molecular weight is 638 g/mol. The molecule has 1 aromatic heterocycles. The zero-order valence-electron chi connectivity index (χ0n) is 28.4. The van der Waals surface area contributed by atoms with Crippen LogP contribution in [0.3, 0.4) is 0 Å². The molecule has 0 radical (unpaired) electrons. The minimum atomic E-state index is 0.151. The molecule has 2 aliphatic rings. The van der Waals surface area contributed by atoms with Gasteiger partial charge in [0.25, 0.3) is 0 Å². The Morgan fingerprint density at radius 1 is 1.00 bits per heavy atom. The smallest absolute Gasteiger partial charge is 0.226 e. The largest absolute Gasteiger partial charge is 0.496 e. The number of piperidine rings is 1. The Labute approximate surface area is 275 Å². The van der Waals surface area contributed by atoms with Gasteiger partial charge in [-0.3, -0.25) is 4.90 Å². The summed E-state index contributed by atoms with van der Waals surface area (Å²) < 4.78 is 17.1. The molecule has 2 unspecified atom stereocenters. The normalized spacial score (nSPS) is 18.3. The summed E-state index contributed by atoms with van der Waals surface area (Å²) in [4.78, 5) is 15.2. The minimum absolute atomic E-state index is 0.151. The second kappa shape index (κ2) is 18.6. The maximum atomic E-state index is 5.93. The van der Waals surface area contributed by atoms with Gasteiger partial charge in [0, 0.05) is 63.5 Å². The van der Waals surface area contributed by atoms with Crippen LogP contribution in [-0.4, -0.2) is 93.8 Å². The number of nitrogens with one attached hydrogen (secondary N) is 1. The lowest BCUT2D eigenvalue weighted by Gasteiger charge is -2.26. The first-order valence-corrected chi connectivity index (χ1v) is 18.3. The highest BCUT2D eigenvalue weighted by molar-refractivity contribution is 7.97. The van der Waals surface area contributed by atoms with Gasteiger partial charge in [-0.2, -0.15) is 11.8 Å². The molecule has 248 valence electrons. The number of aromatic nitrogens is 2. The van der Waals surface area contributed by atoms with Gasteiger partial charge in [-0.1, -0.05) is 31.5 Å². The first kappa shape index (κ1) is 35.4. The fourth-order valence-electron chi connectivity index (χ4n) is 6.31. The molecule has 2 atom stereocenters. The zero-order valence-corrected chi connectivity index (χ0v) is 29.3. The molecule has 0 amide bonds. The number of rotatable bonds is 12. The fraction of sp³-hybridized carbons (Fsp3) is 0.611. The molecule has 0 spiro atoms. The van der Waals surface area contributed by atoms with E-state index in [0.717, 1.165) is 91.6 Å². The maximum absolute atomic E-state index is 5.93. The number of hydrogen-bond donors (Lipinski definition) is 1. The predicted molar refractivity (Wildman–Crippen MR) is 190 cm³/mol. The standard InChI is InChI=1S/C34H49N5O3.C2H6S/c1-5-26(14-19-40-3)33-30-12-10-28(21-31(30)36-34(37-33)39-17-9-18-42-25(2)23-39)27-11-13-32(41-4)29(20-27)22-35-24-38-15-7-6-8-16-38;1-3-2/h10-13,20-21,25-26,35H,5-9,14-19,22-24H2,1-4H3;1-2H3. The van der Waals surface area contributed by atoms with Crippen molar-refractivity contribution in [2.45, 2.75) is 70.9 Å². The molecular formula is C36H55N5O3S. The lowest BCUT2D eigenvalue weighted by Crippen LogP contribution is -2.37. The molecule has 0 bridgehead atoms. The van der Waals surface area contributed by atoms with Crippen molar-refractivity contribution in [1.82, 2.24) is 20.2 Å². The van der Waals surface area contributed by atoms with E-state index in [1.54, 1.807) is 26.0 Å². The Bertz CT molecular complexity index is 1320. The van der Waals surface area contributed by atoms with E-state index >= 15 is 0 Å². The van der Waals surface area contributed by atoms with E-state index in [0.29, 0.717) is 12.5 Å². The van der Waals surface area contributed by atoms with E-state index < -0.39 is 0 Å². The first-order chi connectivity index (χ1) is 22.0. The Balaban J connectivity index is 0.00000148. The summed E-state index contributed by atoms with van der Waals surface area (Å²) in [6.45, 7) is 11.6. The van der Waals surface area contributed by atoms with Gasteiger partial charge in [-0.25, -0.2) is 9.97 Å². The van der Waals surface area contributed by atoms with E-state index in [1.807, 2.05) is 12.5 Å². The molecular weight excluding hydrogens is 582 g/mol. The van der Waals surface area contributed by atoms with Crippen LogP contribution in [0, 0.1) is 0 Å². The number of fused-ring (bicyclic) bond motifs is 1. The van der Waals surface area contributed by atoms with Crippen molar-refractivity contribution in [3.05, 3.63) is 47.7 Å². The quantitative estimate of drug-likeness (QED) is 0.227. The van der Waals surface area contributed by atoms with Crippen LogP contribution < -0.4 is 15.0 Å². The van der Waals surface area contributed by atoms with E-state index in [4.69, 9.17) is 24.2 Å². The molecule has 8 nitrogen and oxygen atoms in total. The van der Waals surface area contributed by atoms with Crippen molar-refractivity contribution in [3.8, 4) is 16.9 Å². The van der Waals surface area contributed by atoms with Crippen molar-refractivity contribution in [3.63, 3.8) is 0 Å². The Morgan fingerprint density at radius 2 is 1.76 bits per heavy atom. The Kier molecular flexibility index (Phi) is 14.7. The number of likely N-dealkylation sites (tertiary alicyclic amines) is 1. The van der Waals surface area contributed by atoms with Gasteiger partial charge in [0.15, 0.2) is 0 Å². The van der Waals surface area contributed by atoms with Crippen LogP contribution in [0.2, 0.25) is 0 Å². The van der Waals surface area contributed by atoms with Gasteiger partial charge in [-0.05, 0) is 94.0 Å². The van der Waals surface area contributed by atoms with Crippen molar-refractivity contribution < 1.29 is 14.2 Å². The van der Waals surface area contributed by atoms with Crippen molar-refractivity contribution in [1.29, 1.82) is 0 Å². The Morgan fingerprint density at radius 3 is 2.49 bits per heavy atom. The number of thioether (sulfide) groups is 1. The molecule has 45 heavy (non-hydrogen) atoms. The summed E-state index contributed by atoms with van der Waals surface area (Å²) in [5.41, 5.74) is 5.59. The van der Waals surface area contributed by atoms with E-state index in [-0.39, 0.29) is 6.10 Å². The maximum Gasteiger partial charge on any atom is 0.226 e. The fourth-order valence-corrected chi connectivity index (χ4v) is 6.31. The van der Waals surface area contributed by atoms with E-state index in [2.05, 4.69) is 65.4 Å². The van der Waals surface area contributed by atoms with Crippen LogP contribution >= 0.6 is 11.8 Å². The van der Waals surface area contributed by atoms with E-state index in [1.165, 1.54) is 37.9 Å². The lowest BCUT2D eigenvalue weighted by molar-refractivity contribution is 0.0820. The second-order valence-corrected chi connectivity index (χ2v) is 13.0.